The summed E-state index contributed by atoms with van der Waals surface area (Å²) >= 11 is 0. The molecule has 0 aromatic heterocycles. The molecular weight excluding hydrogens is 851 g/mol. The van der Waals surface area contributed by atoms with Gasteiger partial charge >= 0.3 is 17.9 Å². The van der Waals surface area contributed by atoms with Crippen LogP contribution >= 0.6 is 0 Å². The molecule has 0 fully saturated rings. The second kappa shape index (κ2) is 31.7. The summed E-state index contributed by atoms with van der Waals surface area (Å²) in [7, 11) is 0. The van der Waals surface area contributed by atoms with Gasteiger partial charge in [-0.25, -0.2) is 14.4 Å². The molecule has 9 heteroatoms. The molecule has 0 unspecified atom stereocenters. The van der Waals surface area contributed by atoms with Crippen LogP contribution in [0.4, 0.5) is 5.69 Å². The summed E-state index contributed by atoms with van der Waals surface area (Å²) in [5.41, 5.74) is 2.51. The fourth-order valence-electron chi connectivity index (χ4n) is 7.68. The third-order valence-corrected chi connectivity index (χ3v) is 11.7. The van der Waals surface area contributed by atoms with E-state index in [0.717, 1.165) is 30.8 Å². The van der Waals surface area contributed by atoms with E-state index in [1.807, 2.05) is 6.07 Å². The van der Waals surface area contributed by atoms with E-state index in [1.54, 1.807) is 121 Å². The van der Waals surface area contributed by atoms with Crippen molar-refractivity contribution in [1.82, 2.24) is 0 Å². The summed E-state index contributed by atoms with van der Waals surface area (Å²) in [6.45, 7) is 5.83. The number of ether oxygens (including phenoxy) is 5. The van der Waals surface area contributed by atoms with Gasteiger partial charge in [-0.05, 0) is 128 Å². The first kappa shape index (κ1) is 52.7. The van der Waals surface area contributed by atoms with Crippen LogP contribution in [0.5, 0.6) is 28.7 Å². The monoisotopic (exact) mass is 924 g/mol. The van der Waals surface area contributed by atoms with Crippen LogP contribution < -0.4 is 23.7 Å². The van der Waals surface area contributed by atoms with E-state index >= 15 is 0 Å². The average Bonchev–Trinajstić information content (AvgIpc) is 3.36. The zero-order valence-electron chi connectivity index (χ0n) is 40.6. The van der Waals surface area contributed by atoms with Gasteiger partial charge in [-0.2, -0.15) is 0 Å². The lowest BCUT2D eigenvalue weighted by Gasteiger charge is -2.09. The molecule has 68 heavy (non-hydrogen) atoms. The minimum absolute atomic E-state index is 0.301. The Kier molecular flexibility index (Phi) is 24.6. The van der Waals surface area contributed by atoms with Crippen LogP contribution in [-0.2, 0) is 0 Å². The summed E-state index contributed by atoms with van der Waals surface area (Å²) in [6, 6.07) is 34.1. The number of aliphatic imine (C=N–C) groups is 1. The van der Waals surface area contributed by atoms with E-state index < -0.39 is 17.9 Å². The van der Waals surface area contributed by atoms with E-state index in [-0.39, 0.29) is 0 Å². The Morgan fingerprint density at radius 2 is 0.721 bits per heavy atom. The molecule has 0 saturated carbocycles. The molecule has 0 aliphatic carbocycles. The highest BCUT2D eigenvalue weighted by molar-refractivity contribution is 5.94. The van der Waals surface area contributed by atoms with Crippen LogP contribution in [0.2, 0.25) is 0 Å². The Morgan fingerprint density at radius 3 is 1.12 bits per heavy atom. The second-order valence-electron chi connectivity index (χ2n) is 17.5. The van der Waals surface area contributed by atoms with Crippen molar-refractivity contribution in [2.45, 2.75) is 149 Å². The van der Waals surface area contributed by atoms with Crippen molar-refractivity contribution >= 4 is 29.8 Å². The lowest BCUT2D eigenvalue weighted by molar-refractivity contribution is 0.0719. The molecule has 0 saturated heterocycles. The highest BCUT2D eigenvalue weighted by Gasteiger charge is 2.13. The third kappa shape index (κ3) is 20.7. The standard InChI is InChI=1S/C59H73NO8/c1-3-5-7-9-11-13-15-17-19-21-23-44-65-53-35-29-49(30-36-53)58(62)67-55-39-41-56(42-40-55)68-59(63)50-26-24-25-47(45-50)46-60-51-31-37-54(38-32-51)66-57(61)48-27-33-52(34-28-48)64-43-22-20-18-16-14-12-10-8-6-4-2/h24-42,45-46H,3-23,43-44H2,1-2H3. The van der Waals surface area contributed by atoms with Gasteiger partial charge < -0.3 is 23.7 Å². The van der Waals surface area contributed by atoms with Crippen molar-refractivity contribution in [2.75, 3.05) is 13.2 Å². The van der Waals surface area contributed by atoms with Crippen LogP contribution in [0.3, 0.4) is 0 Å². The molecule has 0 bridgehead atoms. The van der Waals surface area contributed by atoms with Gasteiger partial charge in [-0.3, -0.25) is 4.99 Å². The van der Waals surface area contributed by atoms with E-state index in [1.165, 1.54) is 116 Å². The quantitative estimate of drug-likeness (QED) is 0.0177. The number of hydrogen-bond acceptors (Lipinski definition) is 9. The maximum absolute atomic E-state index is 13.0. The SMILES string of the molecule is CCCCCCCCCCCCCOc1ccc(C(=O)Oc2ccc(OC(=O)c3cccc(C=Nc4ccc(OC(=O)c5ccc(OCCCCCCCCCCCC)cc5)cc4)c3)cc2)cc1. The minimum atomic E-state index is -0.548. The minimum Gasteiger partial charge on any atom is -0.494 e. The number of nitrogens with zero attached hydrogens (tertiary/aromatic N) is 1. The Bertz CT molecular complexity index is 2220. The molecule has 0 radical (unpaired) electrons. The van der Waals surface area contributed by atoms with Crippen LogP contribution in [0.15, 0.2) is 126 Å². The van der Waals surface area contributed by atoms with Gasteiger partial charge in [0.05, 0.1) is 35.6 Å². The first-order valence-corrected chi connectivity index (χ1v) is 25.4. The topological polar surface area (TPSA) is 110 Å². The van der Waals surface area contributed by atoms with Gasteiger partial charge in [0.25, 0.3) is 0 Å². The number of rotatable bonds is 33. The van der Waals surface area contributed by atoms with Crippen LogP contribution in [0, 0.1) is 0 Å². The second-order valence-corrected chi connectivity index (χ2v) is 17.5. The zero-order chi connectivity index (χ0) is 47.9. The molecule has 0 amide bonds. The van der Waals surface area contributed by atoms with Gasteiger partial charge in [0.1, 0.15) is 28.7 Å². The van der Waals surface area contributed by atoms with Gasteiger partial charge in [-0.1, -0.05) is 148 Å². The van der Waals surface area contributed by atoms with E-state index in [4.69, 9.17) is 23.7 Å². The summed E-state index contributed by atoms with van der Waals surface area (Å²) < 4.78 is 28.5. The number of carbonyl (C=O) groups excluding carboxylic acids is 3. The average molecular weight is 924 g/mol. The van der Waals surface area contributed by atoms with Crippen molar-refractivity contribution < 1.29 is 38.1 Å². The normalized spacial score (nSPS) is 11.1. The predicted octanol–water partition coefficient (Wildman–Crippen LogP) is 16.1. The van der Waals surface area contributed by atoms with Gasteiger partial charge in [-0.15, -0.1) is 0 Å². The Hall–Kier alpha value is -6.22. The van der Waals surface area contributed by atoms with E-state index in [2.05, 4.69) is 18.8 Å². The van der Waals surface area contributed by atoms with Crippen LogP contribution in [-0.4, -0.2) is 37.3 Å². The fraction of sp³-hybridized carbons (Fsp3) is 0.424. The van der Waals surface area contributed by atoms with Crippen LogP contribution in [0.25, 0.3) is 0 Å². The van der Waals surface area contributed by atoms with E-state index in [9.17, 15) is 14.4 Å². The van der Waals surface area contributed by atoms with Crippen molar-refractivity contribution in [3.63, 3.8) is 0 Å². The molecule has 9 nitrogen and oxygen atoms in total. The maximum atomic E-state index is 13.0. The largest absolute Gasteiger partial charge is 0.494 e. The molecule has 362 valence electrons. The van der Waals surface area contributed by atoms with Gasteiger partial charge in [0.15, 0.2) is 0 Å². The van der Waals surface area contributed by atoms with Crippen LogP contribution in [0.1, 0.15) is 185 Å². The lowest BCUT2D eigenvalue weighted by atomic mass is 10.1. The zero-order valence-corrected chi connectivity index (χ0v) is 40.6. The van der Waals surface area contributed by atoms with Crippen molar-refractivity contribution in [3.05, 3.63) is 144 Å². The number of benzene rings is 5. The maximum Gasteiger partial charge on any atom is 0.343 e. The smallest absolute Gasteiger partial charge is 0.343 e. The molecule has 0 heterocycles. The third-order valence-electron chi connectivity index (χ3n) is 11.7. The molecule has 0 atom stereocenters. The summed E-state index contributed by atoms with van der Waals surface area (Å²) in [5, 5.41) is 0. The highest BCUT2D eigenvalue weighted by Crippen LogP contribution is 2.23. The molecule has 0 aliphatic rings. The molecule has 0 aliphatic heterocycles. The predicted molar refractivity (Wildman–Crippen MR) is 274 cm³/mol. The Balaban J connectivity index is 0.965. The Labute approximate surface area is 405 Å². The summed E-state index contributed by atoms with van der Waals surface area (Å²) in [6.07, 6.45) is 28.6. The lowest BCUT2D eigenvalue weighted by Crippen LogP contribution is -2.10. The van der Waals surface area contributed by atoms with Crippen molar-refractivity contribution in [1.29, 1.82) is 0 Å². The number of carbonyl (C=O) groups is 3. The molecule has 5 rings (SSSR count). The van der Waals surface area contributed by atoms with E-state index in [0.29, 0.717) is 58.4 Å². The number of unbranched alkanes of at least 4 members (excludes halogenated alkanes) is 19. The first-order chi connectivity index (χ1) is 33.4. The molecule has 0 N–H and O–H groups in total. The first-order valence-electron chi connectivity index (χ1n) is 25.4. The van der Waals surface area contributed by atoms with Gasteiger partial charge in [0, 0.05) is 6.21 Å². The number of esters is 3. The molecule has 5 aromatic rings. The summed E-state index contributed by atoms with van der Waals surface area (Å²) in [4.78, 5) is 43.2. The Morgan fingerprint density at radius 1 is 0.382 bits per heavy atom. The fourth-order valence-corrected chi connectivity index (χ4v) is 7.68. The number of hydrogen-bond donors (Lipinski definition) is 0. The molecular formula is C59H73NO8. The van der Waals surface area contributed by atoms with Crippen molar-refractivity contribution in [2.24, 2.45) is 4.99 Å². The summed E-state index contributed by atoms with van der Waals surface area (Å²) in [5.74, 6) is 0.972. The van der Waals surface area contributed by atoms with Crippen molar-refractivity contribution in [3.8, 4) is 28.7 Å². The van der Waals surface area contributed by atoms with Gasteiger partial charge in [0.2, 0.25) is 0 Å². The highest BCUT2D eigenvalue weighted by atomic mass is 16.5. The molecule has 0 spiro atoms. The molecule has 5 aromatic carbocycles.